The van der Waals surface area contributed by atoms with Gasteiger partial charge in [-0.3, -0.25) is 9.59 Å². The van der Waals surface area contributed by atoms with Crippen molar-refractivity contribution in [3.8, 4) is 5.69 Å². The molecule has 1 atom stereocenters. The third-order valence-corrected chi connectivity index (χ3v) is 3.38. The summed E-state index contributed by atoms with van der Waals surface area (Å²) in [7, 11) is 0. The standard InChI is InChI=1S/C15H18N4O3/c1-9-4-6-12(7-5-9)19-11(3)13(17-18-19)14(20)16-8-10(2)15(21)22/h4-7,10H,8H2,1-3H3,(H,16,20)(H,21,22). The molecule has 2 N–H and O–H groups in total. The van der Waals surface area contributed by atoms with Gasteiger partial charge in [0.05, 0.1) is 17.3 Å². The molecule has 1 unspecified atom stereocenters. The normalized spacial score (nSPS) is 12.0. The molecule has 116 valence electrons. The van der Waals surface area contributed by atoms with E-state index in [1.165, 1.54) is 6.92 Å². The van der Waals surface area contributed by atoms with Crippen LogP contribution in [0.2, 0.25) is 0 Å². The van der Waals surface area contributed by atoms with Gasteiger partial charge in [-0.1, -0.05) is 29.8 Å². The molecule has 0 saturated heterocycles. The average molecular weight is 302 g/mol. The Kier molecular flexibility index (Phi) is 4.55. The monoisotopic (exact) mass is 302 g/mol. The third kappa shape index (κ3) is 3.30. The summed E-state index contributed by atoms with van der Waals surface area (Å²) in [5, 5.41) is 19.3. The van der Waals surface area contributed by atoms with Crippen molar-refractivity contribution in [3.63, 3.8) is 0 Å². The zero-order valence-electron chi connectivity index (χ0n) is 12.7. The first kappa shape index (κ1) is 15.7. The second kappa shape index (κ2) is 6.38. The van der Waals surface area contributed by atoms with Crippen LogP contribution in [-0.4, -0.2) is 38.5 Å². The number of aliphatic carboxylic acids is 1. The van der Waals surface area contributed by atoms with E-state index in [2.05, 4.69) is 15.6 Å². The summed E-state index contributed by atoms with van der Waals surface area (Å²) in [6.07, 6.45) is 0. The van der Waals surface area contributed by atoms with E-state index in [-0.39, 0.29) is 12.2 Å². The molecule has 0 aliphatic rings. The largest absolute Gasteiger partial charge is 0.481 e. The van der Waals surface area contributed by atoms with E-state index in [1.807, 2.05) is 31.2 Å². The Morgan fingerprint density at radius 3 is 2.50 bits per heavy atom. The molecular weight excluding hydrogens is 284 g/mol. The number of hydrogen-bond donors (Lipinski definition) is 2. The summed E-state index contributed by atoms with van der Waals surface area (Å²) in [4.78, 5) is 22.8. The predicted molar refractivity (Wildman–Crippen MR) is 80.0 cm³/mol. The van der Waals surface area contributed by atoms with Gasteiger partial charge in [0.2, 0.25) is 0 Å². The van der Waals surface area contributed by atoms with Crippen LogP contribution in [0, 0.1) is 19.8 Å². The quantitative estimate of drug-likeness (QED) is 0.868. The summed E-state index contributed by atoms with van der Waals surface area (Å²) >= 11 is 0. The number of nitrogens with zero attached hydrogens (tertiary/aromatic N) is 3. The Labute approximate surface area is 128 Å². The zero-order valence-corrected chi connectivity index (χ0v) is 12.7. The van der Waals surface area contributed by atoms with E-state index in [1.54, 1.807) is 11.6 Å². The van der Waals surface area contributed by atoms with Gasteiger partial charge in [0.25, 0.3) is 5.91 Å². The van der Waals surface area contributed by atoms with Crippen molar-refractivity contribution in [1.82, 2.24) is 20.3 Å². The number of hydrogen-bond acceptors (Lipinski definition) is 4. The number of benzene rings is 1. The first-order valence-corrected chi connectivity index (χ1v) is 6.90. The smallest absolute Gasteiger partial charge is 0.308 e. The fourth-order valence-electron chi connectivity index (χ4n) is 1.89. The van der Waals surface area contributed by atoms with Gasteiger partial charge in [-0.05, 0) is 26.0 Å². The highest BCUT2D eigenvalue weighted by Gasteiger charge is 2.19. The van der Waals surface area contributed by atoms with Gasteiger partial charge in [-0.2, -0.15) is 0 Å². The third-order valence-electron chi connectivity index (χ3n) is 3.38. The number of amides is 1. The van der Waals surface area contributed by atoms with Crippen molar-refractivity contribution in [2.75, 3.05) is 6.54 Å². The first-order chi connectivity index (χ1) is 10.4. The van der Waals surface area contributed by atoms with E-state index < -0.39 is 17.8 Å². The highest BCUT2D eigenvalue weighted by Crippen LogP contribution is 2.13. The van der Waals surface area contributed by atoms with Crippen LogP contribution < -0.4 is 5.32 Å². The molecule has 0 spiro atoms. The van der Waals surface area contributed by atoms with Crippen LogP contribution >= 0.6 is 0 Å². The molecule has 1 aromatic carbocycles. The predicted octanol–water partition coefficient (Wildman–Crippen LogP) is 1.33. The molecule has 0 radical (unpaired) electrons. The topological polar surface area (TPSA) is 97.1 Å². The van der Waals surface area contributed by atoms with Crippen LogP contribution in [0.3, 0.4) is 0 Å². The van der Waals surface area contributed by atoms with E-state index in [9.17, 15) is 9.59 Å². The number of aromatic nitrogens is 3. The minimum absolute atomic E-state index is 0.0466. The molecule has 2 aromatic rings. The Bertz CT molecular complexity index is 691. The van der Waals surface area contributed by atoms with Crippen molar-refractivity contribution < 1.29 is 14.7 Å². The lowest BCUT2D eigenvalue weighted by Gasteiger charge is -2.07. The molecule has 22 heavy (non-hydrogen) atoms. The number of rotatable bonds is 5. The molecule has 1 heterocycles. The Hall–Kier alpha value is -2.70. The SMILES string of the molecule is Cc1ccc(-n2nnc(C(=O)NCC(C)C(=O)O)c2C)cc1. The van der Waals surface area contributed by atoms with E-state index in [0.717, 1.165) is 11.3 Å². The van der Waals surface area contributed by atoms with Crippen molar-refractivity contribution in [3.05, 3.63) is 41.2 Å². The number of carboxylic acids is 1. The highest BCUT2D eigenvalue weighted by molar-refractivity contribution is 5.93. The van der Waals surface area contributed by atoms with Crippen LogP contribution in [0.5, 0.6) is 0 Å². The number of carboxylic acid groups (broad SMARTS) is 1. The van der Waals surface area contributed by atoms with Gasteiger partial charge in [0.15, 0.2) is 5.69 Å². The van der Waals surface area contributed by atoms with E-state index >= 15 is 0 Å². The van der Waals surface area contributed by atoms with Gasteiger partial charge < -0.3 is 10.4 Å². The zero-order chi connectivity index (χ0) is 16.3. The van der Waals surface area contributed by atoms with E-state index in [4.69, 9.17) is 5.11 Å². The van der Waals surface area contributed by atoms with Gasteiger partial charge in [-0.15, -0.1) is 5.10 Å². The number of aryl methyl sites for hydroxylation is 1. The highest BCUT2D eigenvalue weighted by atomic mass is 16.4. The Balaban J connectivity index is 2.15. The van der Waals surface area contributed by atoms with Crippen LogP contribution in [0.1, 0.15) is 28.7 Å². The number of nitrogens with one attached hydrogen (secondary N) is 1. The summed E-state index contributed by atoms with van der Waals surface area (Å²) in [5.41, 5.74) is 2.73. The van der Waals surface area contributed by atoms with E-state index in [0.29, 0.717) is 5.69 Å². The summed E-state index contributed by atoms with van der Waals surface area (Å²) < 4.78 is 1.58. The molecule has 0 saturated carbocycles. The lowest BCUT2D eigenvalue weighted by Crippen LogP contribution is -2.32. The van der Waals surface area contributed by atoms with Crippen LogP contribution in [0.4, 0.5) is 0 Å². The average Bonchev–Trinajstić information content (AvgIpc) is 2.87. The second-order valence-corrected chi connectivity index (χ2v) is 5.22. The Morgan fingerprint density at radius 1 is 1.27 bits per heavy atom. The summed E-state index contributed by atoms with van der Waals surface area (Å²) in [5.74, 6) is -2.04. The molecular formula is C15H18N4O3. The number of carbonyl (C=O) groups excluding carboxylic acids is 1. The maximum atomic E-state index is 12.1. The molecule has 7 nitrogen and oxygen atoms in total. The maximum absolute atomic E-state index is 12.1. The fraction of sp³-hybridized carbons (Fsp3) is 0.333. The fourth-order valence-corrected chi connectivity index (χ4v) is 1.89. The van der Waals surface area contributed by atoms with Gasteiger partial charge >= 0.3 is 5.97 Å². The van der Waals surface area contributed by atoms with Crippen LogP contribution in [0.15, 0.2) is 24.3 Å². The van der Waals surface area contributed by atoms with Gasteiger partial charge in [0, 0.05) is 6.54 Å². The van der Waals surface area contributed by atoms with Gasteiger partial charge in [-0.25, -0.2) is 4.68 Å². The molecule has 1 amide bonds. The second-order valence-electron chi connectivity index (χ2n) is 5.22. The maximum Gasteiger partial charge on any atom is 0.308 e. The van der Waals surface area contributed by atoms with Crippen molar-refractivity contribution in [2.24, 2.45) is 5.92 Å². The molecule has 0 aliphatic carbocycles. The summed E-state index contributed by atoms with van der Waals surface area (Å²) in [6, 6.07) is 7.69. The van der Waals surface area contributed by atoms with Crippen molar-refractivity contribution in [1.29, 1.82) is 0 Å². The first-order valence-electron chi connectivity index (χ1n) is 6.90. The molecule has 0 aliphatic heterocycles. The molecule has 0 bridgehead atoms. The lowest BCUT2D eigenvalue weighted by atomic mass is 10.2. The van der Waals surface area contributed by atoms with Crippen LogP contribution in [0.25, 0.3) is 5.69 Å². The minimum Gasteiger partial charge on any atom is -0.481 e. The molecule has 7 heteroatoms. The van der Waals surface area contributed by atoms with Crippen molar-refractivity contribution >= 4 is 11.9 Å². The Morgan fingerprint density at radius 2 is 1.91 bits per heavy atom. The molecule has 1 aromatic heterocycles. The van der Waals surface area contributed by atoms with Crippen LogP contribution in [-0.2, 0) is 4.79 Å². The minimum atomic E-state index is -0.958. The van der Waals surface area contributed by atoms with Gasteiger partial charge in [0.1, 0.15) is 0 Å². The lowest BCUT2D eigenvalue weighted by molar-refractivity contribution is -0.140. The number of carbonyl (C=O) groups is 2. The molecule has 0 fully saturated rings. The molecule has 2 rings (SSSR count). The summed E-state index contributed by atoms with van der Waals surface area (Å²) in [6.45, 7) is 5.31. The van der Waals surface area contributed by atoms with Crippen molar-refractivity contribution in [2.45, 2.75) is 20.8 Å².